The lowest BCUT2D eigenvalue weighted by molar-refractivity contribution is -0.384. The van der Waals surface area contributed by atoms with E-state index in [4.69, 9.17) is 5.73 Å². The summed E-state index contributed by atoms with van der Waals surface area (Å²) < 4.78 is 23.9. The van der Waals surface area contributed by atoms with E-state index in [0.717, 1.165) is 38.1 Å². The van der Waals surface area contributed by atoms with Crippen molar-refractivity contribution in [3.63, 3.8) is 0 Å². The van der Waals surface area contributed by atoms with Crippen LogP contribution in [0.5, 0.6) is 0 Å². The van der Waals surface area contributed by atoms with Crippen molar-refractivity contribution in [2.75, 3.05) is 23.4 Å². The van der Waals surface area contributed by atoms with Gasteiger partial charge in [0.2, 0.25) is 11.8 Å². The smallest absolute Gasteiger partial charge is 0.329 e. The van der Waals surface area contributed by atoms with Crippen LogP contribution in [-0.2, 0) is 16.4 Å². The number of hydrogen-bond acceptors (Lipinski definition) is 9. The summed E-state index contributed by atoms with van der Waals surface area (Å²) in [6, 6.07) is 6.86. The Morgan fingerprint density at radius 3 is 2.57 bits per heavy atom. The fraction of sp³-hybridized carbons (Fsp3) is 0.474. The molecule has 1 aliphatic carbocycles. The number of nitrogens with one attached hydrogen (secondary N) is 2. The number of benzene rings is 1. The largest absolute Gasteiger partial charge is 0.364 e. The molecule has 0 aliphatic heterocycles. The molecule has 1 fully saturated rings. The quantitative estimate of drug-likeness (QED) is 0.419. The third kappa shape index (κ3) is 5.63. The van der Waals surface area contributed by atoms with Crippen LogP contribution >= 0.6 is 0 Å². The van der Waals surface area contributed by atoms with Gasteiger partial charge in [-0.1, -0.05) is 18.2 Å². The fourth-order valence-corrected chi connectivity index (χ4v) is 4.49. The first-order valence-electron chi connectivity index (χ1n) is 9.76. The molecule has 2 aromatic rings. The lowest BCUT2D eigenvalue weighted by Gasteiger charge is -2.26. The van der Waals surface area contributed by atoms with Crippen LogP contribution < -0.4 is 16.4 Å². The van der Waals surface area contributed by atoms with Crippen molar-refractivity contribution < 1.29 is 13.3 Å². The molecule has 30 heavy (non-hydrogen) atoms. The predicted octanol–water partition coefficient (Wildman–Crippen LogP) is 2.33. The van der Waals surface area contributed by atoms with Crippen LogP contribution in [0.3, 0.4) is 0 Å². The number of sulfone groups is 1. The van der Waals surface area contributed by atoms with Crippen molar-refractivity contribution >= 4 is 27.3 Å². The van der Waals surface area contributed by atoms with Gasteiger partial charge in [-0.25, -0.2) is 13.4 Å². The van der Waals surface area contributed by atoms with Crippen LogP contribution in [0.4, 0.5) is 17.5 Å². The van der Waals surface area contributed by atoms with Gasteiger partial charge in [0.25, 0.3) is 0 Å². The van der Waals surface area contributed by atoms with E-state index < -0.39 is 14.8 Å². The maximum atomic E-state index is 11.9. The van der Waals surface area contributed by atoms with E-state index in [-0.39, 0.29) is 34.9 Å². The number of nitro groups is 1. The third-order valence-electron chi connectivity index (χ3n) is 5.22. The molecule has 1 aromatic heterocycles. The van der Waals surface area contributed by atoms with Gasteiger partial charge in [-0.3, -0.25) is 10.1 Å². The van der Waals surface area contributed by atoms with Crippen molar-refractivity contribution in [3.05, 3.63) is 46.1 Å². The number of rotatable bonds is 8. The molecule has 0 atom stereocenters. The Labute approximate surface area is 175 Å². The number of nitrogens with zero attached hydrogens (tertiary/aromatic N) is 3. The van der Waals surface area contributed by atoms with Gasteiger partial charge in [-0.15, -0.1) is 0 Å². The second-order valence-electron chi connectivity index (χ2n) is 7.58. The molecule has 0 radical (unpaired) electrons. The standard InChI is InChI=1S/C19H26N6O4S/c1-30(28,29)17-5-3-2-4-14(17)11-22-19-23-12-16(25(26)27)18(24-19)21-10-13-6-8-15(20)9-7-13/h2-5,12-13,15H,6-11,20H2,1H3,(H2,21,22,23,24). The highest BCUT2D eigenvalue weighted by molar-refractivity contribution is 7.90. The average molecular weight is 435 g/mol. The first-order valence-corrected chi connectivity index (χ1v) is 11.7. The molecule has 0 amide bonds. The Kier molecular flexibility index (Phi) is 6.83. The minimum Gasteiger partial charge on any atom is -0.364 e. The minimum atomic E-state index is -3.38. The summed E-state index contributed by atoms with van der Waals surface area (Å²) in [4.78, 5) is 19.3. The summed E-state index contributed by atoms with van der Waals surface area (Å²) in [5.41, 5.74) is 6.29. The van der Waals surface area contributed by atoms with E-state index in [1.807, 2.05) is 0 Å². The number of anilines is 2. The zero-order chi connectivity index (χ0) is 21.7. The maximum absolute atomic E-state index is 11.9. The highest BCUT2D eigenvalue weighted by atomic mass is 32.2. The van der Waals surface area contributed by atoms with Crippen molar-refractivity contribution in [1.29, 1.82) is 0 Å². The molecule has 10 nitrogen and oxygen atoms in total. The first-order chi connectivity index (χ1) is 14.2. The van der Waals surface area contributed by atoms with Crippen molar-refractivity contribution in [2.45, 2.75) is 43.2 Å². The van der Waals surface area contributed by atoms with Crippen LogP contribution in [0.2, 0.25) is 0 Å². The van der Waals surface area contributed by atoms with E-state index >= 15 is 0 Å². The number of nitrogens with two attached hydrogens (primary N) is 1. The molecule has 0 unspecified atom stereocenters. The molecule has 162 valence electrons. The molecular formula is C19H26N6O4S. The highest BCUT2D eigenvalue weighted by Gasteiger charge is 2.22. The van der Waals surface area contributed by atoms with E-state index in [0.29, 0.717) is 18.0 Å². The average Bonchev–Trinajstić information content (AvgIpc) is 2.71. The molecule has 11 heteroatoms. The summed E-state index contributed by atoms with van der Waals surface area (Å²) in [7, 11) is -3.38. The highest BCUT2D eigenvalue weighted by Crippen LogP contribution is 2.26. The lowest BCUT2D eigenvalue weighted by Crippen LogP contribution is -2.29. The predicted molar refractivity (Wildman–Crippen MR) is 114 cm³/mol. The Balaban J connectivity index is 1.72. The molecule has 1 aromatic carbocycles. The van der Waals surface area contributed by atoms with Gasteiger partial charge in [-0.2, -0.15) is 4.98 Å². The molecule has 1 heterocycles. The SMILES string of the molecule is CS(=O)(=O)c1ccccc1CNc1ncc([N+](=O)[O-])c(NCC2CCC(N)CC2)n1. The summed E-state index contributed by atoms with van der Waals surface area (Å²) >= 11 is 0. The summed E-state index contributed by atoms with van der Waals surface area (Å²) in [5.74, 6) is 0.707. The monoisotopic (exact) mass is 434 g/mol. The summed E-state index contributed by atoms with van der Waals surface area (Å²) in [6.45, 7) is 0.738. The van der Waals surface area contributed by atoms with Crippen LogP contribution in [-0.4, -0.2) is 42.2 Å². The Morgan fingerprint density at radius 1 is 1.20 bits per heavy atom. The van der Waals surface area contributed by atoms with Crippen LogP contribution in [0.15, 0.2) is 35.4 Å². The Morgan fingerprint density at radius 2 is 1.90 bits per heavy atom. The molecule has 4 N–H and O–H groups in total. The molecular weight excluding hydrogens is 408 g/mol. The minimum absolute atomic E-state index is 0.142. The summed E-state index contributed by atoms with van der Waals surface area (Å²) in [6.07, 6.45) is 6.14. The zero-order valence-electron chi connectivity index (χ0n) is 16.7. The first kappa shape index (κ1) is 21.9. The van der Waals surface area contributed by atoms with E-state index in [2.05, 4.69) is 20.6 Å². The molecule has 1 saturated carbocycles. The normalized spacial score (nSPS) is 19.3. The maximum Gasteiger partial charge on any atom is 0.329 e. The fourth-order valence-electron chi connectivity index (χ4n) is 3.54. The van der Waals surface area contributed by atoms with Gasteiger partial charge in [0.1, 0.15) is 6.20 Å². The summed E-state index contributed by atoms with van der Waals surface area (Å²) in [5, 5.41) is 17.4. The van der Waals surface area contributed by atoms with E-state index in [9.17, 15) is 18.5 Å². The van der Waals surface area contributed by atoms with Gasteiger partial charge in [0, 0.05) is 25.4 Å². The van der Waals surface area contributed by atoms with Crippen LogP contribution in [0.1, 0.15) is 31.2 Å². The molecule has 0 saturated heterocycles. The lowest BCUT2D eigenvalue weighted by atomic mass is 9.86. The van der Waals surface area contributed by atoms with Gasteiger partial charge in [-0.05, 0) is 43.2 Å². The van der Waals surface area contributed by atoms with Crippen LogP contribution in [0, 0.1) is 16.0 Å². The van der Waals surface area contributed by atoms with Gasteiger partial charge < -0.3 is 16.4 Å². The number of hydrogen-bond donors (Lipinski definition) is 3. The van der Waals surface area contributed by atoms with Crippen molar-refractivity contribution in [2.24, 2.45) is 11.7 Å². The zero-order valence-corrected chi connectivity index (χ0v) is 17.6. The van der Waals surface area contributed by atoms with Crippen LogP contribution in [0.25, 0.3) is 0 Å². The van der Waals surface area contributed by atoms with Gasteiger partial charge in [0.15, 0.2) is 9.84 Å². The molecule has 1 aliphatic rings. The molecule has 0 bridgehead atoms. The Hall–Kier alpha value is -2.79. The van der Waals surface area contributed by atoms with Crippen molar-refractivity contribution in [1.82, 2.24) is 9.97 Å². The van der Waals surface area contributed by atoms with Crippen molar-refractivity contribution in [3.8, 4) is 0 Å². The number of aromatic nitrogens is 2. The van der Waals surface area contributed by atoms with Gasteiger partial charge in [0.05, 0.1) is 9.82 Å². The second-order valence-corrected chi connectivity index (χ2v) is 9.56. The molecule has 3 rings (SSSR count). The van der Waals surface area contributed by atoms with E-state index in [1.165, 1.54) is 6.07 Å². The second kappa shape index (κ2) is 9.35. The Bertz CT molecular complexity index is 1010. The van der Waals surface area contributed by atoms with Gasteiger partial charge >= 0.3 is 5.69 Å². The van der Waals surface area contributed by atoms with E-state index in [1.54, 1.807) is 18.2 Å². The topological polar surface area (TPSA) is 153 Å². The third-order valence-corrected chi connectivity index (χ3v) is 6.42. The molecule has 0 spiro atoms.